The summed E-state index contributed by atoms with van der Waals surface area (Å²) >= 11 is 0. The maximum Gasteiger partial charge on any atom is 0.265 e. The molecule has 2 rings (SSSR count). The largest absolute Gasteiger partial charge is 0.495 e. The average molecular weight is 307 g/mol. The highest BCUT2D eigenvalue weighted by Crippen LogP contribution is 2.26. The summed E-state index contributed by atoms with van der Waals surface area (Å²) < 4.78 is 32.6. The third kappa shape index (κ3) is 3.50. The lowest BCUT2D eigenvalue weighted by molar-refractivity contribution is 0.402. The van der Waals surface area contributed by atoms with Crippen molar-refractivity contribution in [1.29, 1.82) is 0 Å². The summed E-state index contributed by atoms with van der Waals surface area (Å²) in [7, 11) is -2.32. The quantitative estimate of drug-likeness (QED) is 0.876. The van der Waals surface area contributed by atoms with Gasteiger partial charge in [-0.3, -0.25) is 9.71 Å². The molecule has 0 amide bonds. The maximum absolute atomic E-state index is 12.4. The molecule has 0 fully saturated rings. The molecule has 2 aromatic rings. The molecule has 7 heteroatoms. The molecular formula is C14H17N3O3S. The van der Waals surface area contributed by atoms with Gasteiger partial charge in [0.25, 0.3) is 10.0 Å². The number of nitrogens with one attached hydrogen (secondary N) is 1. The van der Waals surface area contributed by atoms with Gasteiger partial charge in [0.05, 0.1) is 12.8 Å². The number of methoxy groups -OCH3 is 1. The standard InChI is InChI=1S/C14H17N3O3S/c1-10-7-12(5-6-16-10)17-21(18,19)14-4-3-11(9-15)8-13(14)20-2/h3-8H,9,15H2,1-2H3,(H,16,17). The Morgan fingerprint density at radius 2 is 2.05 bits per heavy atom. The van der Waals surface area contributed by atoms with Crippen molar-refractivity contribution in [3.05, 3.63) is 47.8 Å². The average Bonchev–Trinajstić information content (AvgIpc) is 2.46. The molecule has 0 spiro atoms. The Morgan fingerprint density at radius 3 is 2.67 bits per heavy atom. The van der Waals surface area contributed by atoms with Gasteiger partial charge in [0, 0.05) is 18.4 Å². The van der Waals surface area contributed by atoms with E-state index in [2.05, 4.69) is 9.71 Å². The lowest BCUT2D eigenvalue weighted by Gasteiger charge is -2.12. The van der Waals surface area contributed by atoms with Gasteiger partial charge >= 0.3 is 0 Å². The first-order valence-corrected chi connectivity index (χ1v) is 7.77. The fourth-order valence-corrected chi connectivity index (χ4v) is 3.08. The van der Waals surface area contributed by atoms with E-state index in [-0.39, 0.29) is 10.6 Å². The van der Waals surface area contributed by atoms with Gasteiger partial charge in [-0.15, -0.1) is 0 Å². The maximum atomic E-state index is 12.4. The topological polar surface area (TPSA) is 94.3 Å². The third-order valence-electron chi connectivity index (χ3n) is 2.90. The molecule has 0 atom stereocenters. The van der Waals surface area contributed by atoms with Crippen LogP contribution in [0.1, 0.15) is 11.3 Å². The third-order valence-corrected chi connectivity index (χ3v) is 4.32. The first-order chi connectivity index (χ1) is 9.96. The van der Waals surface area contributed by atoms with Crippen molar-refractivity contribution < 1.29 is 13.2 Å². The summed E-state index contributed by atoms with van der Waals surface area (Å²) in [5.74, 6) is 0.260. The predicted molar refractivity (Wildman–Crippen MR) is 80.7 cm³/mol. The zero-order valence-corrected chi connectivity index (χ0v) is 12.6. The van der Waals surface area contributed by atoms with Crippen molar-refractivity contribution in [2.45, 2.75) is 18.4 Å². The number of aromatic nitrogens is 1. The second-order valence-electron chi connectivity index (χ2n) is 4.48. The van der Waals surface area contributed by atoms with Crippen LogP contribution in [0.15, 0.2) is 41.4 Å². The molecule has 0 aliphatic rings. The van der Waals surface area contributed by atoms with E-state index in [0.29, 0.717) is 12.2 Å². The molecule has 0 bridgehead atoms. The zero-order chi connectivity index (χ0) is 15.5. The Balaban J connectivity index is 2.40. The van der Waals surface area contributed by atoms with Crippen molar-refractivity contribution >= 4 is 15.7 Å². The highest BCUT2D eigenvalue weighted by atomic mass is 32.2. The van der Waals surface area contributed by atoms with Gasteiger partial charge in [-0.05, 0) is 36.8 Å². The second kappa shape index (κ2) is 6.11. The first-order valence-electron chi connectivity index (χ1n) is 6.28. The van der Waals surface area contributed by atoms with Crippen LogP contribution in [0.2, 0.25) is 0 Å². The predicted octanol–water partition coefficient (Wildman–Crippen LogP) is 1.66. The molecule has 1 aromatic carbocycles. The van der Waals surface area contributed by atoms with Crippen LogP contribution in [0.4, 0.5) is 5.69 Å². The van der Waals surface area contributed by atoms with Gasteiger partial charge in [0.2, 0.25) is 0 Å². The van der Waals surface area contributed by atoms with Crippen LogP contribution in [-0.4, -0.2) is 20.5 Å². The minimum atomic E-state index is -3.74. The van der Waals surface area contributed by atoms with Gasteiger partial charge in [0.1, 0.15) is 10.6 Å². The lowest BCUT2D eigenvalue weighted by atomic mass is 10.2. The van der Waals surface area contributed by atoms with Crippen molar-refractivity contribution in [2.75, 3.05) is 11.8 Å². The van der Waals surface area contributed by atoms with Crippen LogP contribution in [0, 0.1) is 6.92 Å². The number of hydrogen-bond donors (Lipinski definition) is 2. The molecule has 0 unspecified atom stereocenters. The Kier molecular flexibility index (Phi) is 4.44. The number of sulfonamides is 1. The number of rotatable bonds is 5. The molecule has 0 aliphatic heterocycles. The van der Waals surface area contributed by atoms with Gasteiger partial charge in [-0.2, -0.15) is 0 Å². The van der Waals surface area contributed by atoms with Crippen molar-refractivity contribution in [3.63, 3.8) is 0 Å². The second-order valence-corrected chi connectivity index (χ2v) is 6.13. The van der Waals surface area contributed by atoms with E-state index in [0.717, 1.165) is 11.3 Å². The zero-order valence-electron chi connectivity index (χ0n) is 11.8. The van der Waals surface area contributed by atoms with E-state index in [1.54, 1.807) is 37.4 Å². The summed E-state index contributed by atoms with van der Waals surface area (Å²) in [4.78, 5) is 4.09. The Bertz CT molecular complexity index is 745. The summed E-state index contributed by atoms with van der Waals surface area (Å²) in [5.41, 5.74) is 7.52. The van der Waals surface area contributed by atoms with E-state index < -0.39 is 10.0 Å². The fourth-order valence-electron chi connectivity index (χ4n) is 1.88. The number of benzene rings is 1. The van der Waals surface area contributed by atoms with Crippen molar-refractivity contribution in [2.24, 2.45) is 5.73 Å². The first kappa shape index (κ1) is 15.3. The van der Waals surface area contributed by atoms with E-state index in [9.17, 15) is 8.42 Å². The number of nitrogens with zero attached hydrogens (tertiary/aromatic N) is 1. The molecule has 0 saturated carbocycles. The highest BCUT2D eigenvalue weighted by molar-refractivity contribution is 7.92. The number of pyridine rings is 1. The Morgan fingerprint density at radius 1 is 1.29 bits per heavy atom. The summed E-state index contributed by atoms with van der Waals surface area (Å²) in [6.45, 7) is 2.10. The van der Waals surface area contributed by atoms with Crippen LogP contribution < -0.4 is 15.2 Å². The van der Waals surface area contributed by atoms with Crippen LogP contribution in [-0.2, 0) is 16.6 Å². The SMILES string of the molecule is COc1cc(CN)ccc1S(=O)(=O)Nc1ccnc(C)c1. The molecule has 1 aromatic heterocycles. The van der Waals surface area contributed by atoms with Crippen LogP contribution >= 0.6 is 0 Å². The number of anilines is 1. The summed E-state index contributed by atoms with van der Waals surface area (Å²) in [6, 6.07) is 8.00. The van der Waals surface area contributed by atoms with E-state index in [4.69, 9.17) is 10.5 Å². The molecular weight excluding hydrogens is 290 g/mol. The number of aryl methyl sites for hydroxylation is 1. The van der Waals surface area contributed by atoms with Crippen LogP contribution in [0.25, 0.3) is 0 Å². The van der Waals surface area contributed by atoms with E-state index >= 15 is 0 Å². The van der Waals surface area contributed by atoms with E-state index in [1.165, 1.54) is 13.2 Å². The van der Waals surface area contributed by atoms with Gasteiger partial charge in [0.15, 0.2) is 0 Å². The molecule has 1 heterocycles. The molecule has 6 nitrogen and oxygen atoms in total. The fraction of sp³-hybridized carbons (Fsp3) is 0.214. The summed E-state index contributed by atoms with van der Waals surface area (Å²) in [6.07, 6.45) is 1.54. The molecule has 21 heavy (non-hydrogen) atoms. The van der Waals surface area contributed by atoms with Gasteiger partial charge in [-0.1, -0.05) is 6.07 Å². The van der Waals surface area contributed by atoms with Gasteiger partial charge < -0.3 is 10.5 Å². The lowest BCUT2D eigenvalue weighted by Crippen LogP contribution is -2.14. The molecule has 3 N–H and O–H groups in total. The Labute approximate surface area is 124 Å². The van der Waals surface area contributed by atoms with Crippen molar-refractivity contribution in [1.82, 2.24) is 4.98 Å². The molecule has 112 valence electrons. The monoisotopic (exact) mass is 307 g/mol. The summed E-state index contributed by atoms with van der Waals surface area (Å²) in [5, 5.41) is 0. The number of ether oxygens (including phenoxy) is 1. The number of hydrogen-bond acceptors (Lipinski definition) is 5. The highest BCUT2D eigenvalue weighted by Gasteiger charge is 2.20. The smallest absolute Gasteiger partial charge is 0.265 e. The molecule has 0 radical (unpaired) electrons. The minimum absolute atomic E-state index is 0.0664. The van der Waals surface area contributed by atoms with Crippen LogP contribution in [0.3, 0.4) is 0 Å². The van der Waals surface area contributed by atoms with Gasteiger partial charge in [-0.25, -0.2) is 8.42 Å². The normalized spacial score (nSPS) is 11.2. The van der Waals surface area contributed by atoms with E-state index in [1.807, 2.05) is 0 Å². The number of nitrogens with two attached hydrogens (primary N) is 1. The van der Waals surface area contributed by atoms with Crippen LogP contribution in [0.5, 0.6) is 5.75 Å². The minimum Gasteiger partial charge on any atom is -0.495 e. The molecule has 0 aliphatic carbocycles. The van der Waals surface area contributed by atoms with Crippen molar-refractivity contribution in [3.8, 4) is 5.75 Å². The molecule has 0 saturated heterocycles. The Hall–Kier alpha value is -2.12.